The molecule has 0 aliphatic carbocycles. The summed E-state index contributed by atoms with van der Waals surface area (Å²) in [5, 5.41) is 0.900. The number of H-pyrrole nitrogens is 1. The summed E-state index contributed by atoms with van der Waals surface area (Å²) in [6.45, 7) is 2.64. The molecule has 1 fully saturated rings. The molecule has 150 valence electrons. The van der Waals surface area contributed by atoms with Crippen LogP contribution in [0.4, 0.5) is 0 Å². The molecule has 3 heterocycles. The zero-order valence-corrected chi connectivity index (χ0v) is 16.5. The first-order chi connectivity index (χ1) is 14.1. The molecule has 0 unspecified atom stereocenters. The zero-order valence-electron chi connectivity index (χ0n) is 16.5. The molecule has 0 atom stereocenters. The van der Waals surface area contributed by atoms with Crippen LogP contribution in [0.5, 0.6) is 11.5 Å². The van der Waals surface area contributed by atoms with Crippen LogP contribution in [0.3, 0.4) is 0 Å². The van der Waals surface area contributed by atoms with Crippen LogP contribution in [-0.4, -0.2) is 42.6 Å². The van der Waals surface area contributed by atoms with E-state index in [0.29, 0.717) is 31.8 Å². The third kappa shape index (κ3) is 2.86. The predicted molar refractivity (Wildman–Crippen MR) is 111 cm³/mol. The smallest absolute Gasteiger partial charge is 0.256 e. The van der Waals surface area contributed by atoms with Crippen LogP contribution in [0.1, 0.15) is 34.3 Å². The van der Waals surface area contributed by atoms with Gasteiger partial charge in [0.05, 0.1) is 19.3 Å². The van der Waals surface area contributed by atoms with Crippen molar-refractivity contribution in [2.45, 2.75) is 24.8 Å². The Hall–Kier alpha value is -2.99. The number of piperidine rings is 1. The average Bonchev–Trinajstić information content (AvgIpc) is 3.35. The molecular formula is C23H25N3O3. The van der Waals surface area contributed by atoms with E-state index in [1.54, 1.807) is 13.3 Å². The molecule has 0 bridgehead atoms. The van der Waals surface area contributed by atoms with Crippen LogP contribution in [0.2, 0.25) is 0 Å². The standard InChI is InChI=1S/C23H25N3O3/c1-28-16-3-4-20-17(11-16)18(13-25-20)22(27)26-8-6-23(7-9-26)14-29-21-5-2-15(12-24)10-19(21)23/h2-5,10-11,13,25H,6-9,12,14,24H2,1H3. The number of hydrogen-bond donors (Lipinski definition) is 2. The Morgan fingerprint density at radius 1 is 1.24 bits per heavy atom. The Kier molecular flexibility index (Phi) is 4.24. The Labute approximate surface area is 169 Å². The fraction of sp³-hybridized carbons (Fsp3) is 0.348. The largest absolute Gasteiger partial charge is 0.497 e. The number of ether oxygens (including phenoxy) is 2. The minimum atomic E-state index is -0.0132. The van der Waals surface area contributed by atoms with Gasteiger partial charge in [0.25, 0.3) is 5.91 Å². The summed E-state index contributed by atoms with van der Waals surface area (Å²) in [6, 6.07) is 12.0. The van der Waals surface area contributed by atoms with Gasteiger partial charge in [-0.2, -0.15) is 0 Å². The molecule has 1 saturated heterocycles. The summed E-state index contributed by atoms with van der Waals surface area (Å²) in [7, 11) is 1.64. The molecule has 3 N–H and O–H groups in total. The number of nitrogens with one attached hydrogen (secondary N) is 1. The number of nitrogens with zero attached hydrogens (tertiary/aromatic N) is 1. The number of methoxy groups -OCH3 is 1. The van der Waals surface area contributed by atoms with E-state index in [1.807, 2.05) is 35.2 Å². The molecule has 2 aliphatic heterocycles. The van der Waals surface area contributed by atoms with Crippen LogP contribution >= 0.6 is 0 Å². The summed E-state index contributed by atoms with van der Waals surface area (Å²) in [6.07, 6.45) is 3.59. The van der Waals surface area contributed by atoms with Gasteiger partial charge in [-0.15, -0.1) is 0 Å². The van der Waals surface area contributed by atoms with Gasteiger partial charge in [-0.3, -0.25) is 4.79 Å². The molecule has 6 heteroatoms. The summed E-state index contributed by atoms with van der Waals surface area (Å²) >= 11 is 0. The quantitative estimate of drug-likeness (QED) is 0.718. The van der Waals surface area contributed by atoms with E-state index in [2.05, 4.69) is 11.1 Å². The second kappa shape index (κ2) is 6.81. The minimum absolute atomic E-state index is 0.0132. The molecule has 29 heavy (non-hydrogen) atoms. The number of benzene rings is 2. The summed E-state index contributed by atoms with van der Waals surface area (Å²) in [4.78, 5) is 18.4. The molecule has 5 rings (SSSR count). The topological polar surface area (TPSA) is 80.6 Å². The van der Waals surface area contributed by atoms with Crippen molar-refractivity contribution in [2.75, 3.05) is 26.8 Å². The lowest BCUT2D eigenvalue weighted by Crippen LogP contribution is -2.46. The SMILES string of the molecule is COc1ccc2[nH]cc(C(=O)N3CCC4(CC3)COc3ccc(CN)cc34)c2c1. The normalized spacial score (nSPS) is 17.4. The second-order valence-corrected chi connectivity index (χ2v) is 8.01. The first-order valence-electron chi connectivity index (χ1n) is 10.0. The van der Waals surface area contributed by atoms with E-state index in [4.69, 9.17) is 15.2 Å². The Morgan fingerprint density at radius 3 is 2.83 bits per heavy atom. The van der Waals surface area contributed by atoms with Gasteiger partial charge in [0, 0.05) is 47.7 Å². The van der Waals surface area contributed by atoms with E-state index in [1.165, 1.54) is 5.56 Å². The van der Waals surface area contributed by atoms with Crippen molar-refractivity contribution in [2.24, 2.45) is 5.73 Å². The minimum Gasteiger partial charge on any atom is -0.497 e. The molecule has 0 radical (unpaired) electrons. The Bertz CT molecular complexity index is 1080. The maximum absolute atomic E-state index is 13.2. The third-order valence-corrected chi connectivity index (χ3v) is 6.48. The summed E-state index contributed by atoms with van der Waals surface area (Å²) in [5.74, 6) is 1.78. The van der Waals surface area contributed by atoms with Crippen molar-refractivity contribution in [3.8, 4) is 11.5 Å². The van der Waals surface area contributed by atoms with Crippen LogP contribution in [-0.2, 0) is 12.0 Å². The molecule has 6 nitrogen and oxygen atoms in total. The molecule has 1 spiro atoms. The number of carbonyl (C=O) groups is 1. The molecule has 1 amide bonds. The number of likely N-dealkylation sites (tertiary alicyclic amines) is 1. The lowest BCUT2D eigenvalue weighted by Gasteiger charge is -2.38. The third-order valence-electron chi connectivity index (χ3n) is 6.48. The Morgan fingerprint density at radius 2 is 2.07 bits per heavy atom. The van der Waals surface area contributed by atoms with Crippen LogP contribution < -0.4 is 15.2 Å². The van der Waals surface area contributed by atoms with E-state index >= 15 is 0 Å². The van der Waals surface area contributed by atoms with Crippen molar-refractivity contribution < 1.29 is 14.3 Å². The van der Waals surface area contributed by atoms with Crippen LogP contribution in [0, 0.1) is 0 Å². The number of aromatic nitrogens is 1. The number of aromatic amines is 1. The fourth-order valence-electron chi connectivity index (χ4n) is 4.66. The van der Waals surface area contributed by atoms with E-state index in [-0.39, 0.29) is 11.3 Å². The van der Waals surface area contributed by atoms with Gasteiger partial charge in [0.1, 0.15) is 11.5 Å². The highest BCUT2D eigenvalue weighted by Crippen LogP contribution is 2.46. The lowest BCUT2D eigenvalue weighted by atomic mass is 9.74. The van der Waals surface area contributed by atoms with Gasteiger partial charge in [0.2, 0.25) is 0 Å². The van der Waals surface area contributed by atoms with Gasteiger partial charge < -0.3 is 25.1 Å². The highest BCUT2D eigenvalue weighted by molar-refractivity contribution is 6.07. The molecule has 3 aromatic rings. The molecule has 2 aromatic carbocycles. The van der Waals surface area contributed by atoms with Gasteiger partial charge in [-0.05, 0) is 42.7 Å². The van der Waals surface area contributed by atoms with Gasteiger partial charge in [0.15, 0.2) is 0 Å². The fourth-order valence-corrected chi connectivity index (χ4v) is 4.66. The highest BCUT2D eigenvalue weighted by Gasteiger charge is 2.44. The molecular weight excluding hydrogens is 366 g/mol. The van der Waals surface area contributed by atoms with Gasteiger partial charge >= 0.3 is 0 Å². The number of nitrogens with two attached hydrogens (primary N) is 1. The van der Waals surface area contributed by atoms with Gasteiger partial charge in [-0.1, -0.05) is 12.1 Å². The summed E-state index contributed by atoms with van der Waals surface area (Å²) < 4.78 is 11.3. The summed E-state index contributed by atoms with van der Waals surface area (Å²) in [5.41, 5.74) is 9.84. The molecule has 2 aliphatic rings. The van der Waals surface area contributed by atoms with Crippen molar-refractivity contribution >= 4 is 16.8 Å². The van der Waals surface area contributed by atoms with Gasteiger partial charge in [-0.25, -0.2) is 0 Å². The predicted octanol–water partition coefficient (Wildman–Crippen LogP) is 3.20. The number of rotatable bonds is 3. The van der Waals surface area contributed by atoms with Crippen molar-refractivity contribution in [3.05, 3.63) is 59.3 Å². The lowest BCUT2D eigenvalue weighted by molar-refractivity contribution is 0.0648. The second-order valence-electron chi connectivity index (χ2n) is 8.01. The number of hydrogen-bond acceptors (Lipinski definition) is 4. The Balaban J connectivity index is 1.38. The van der Waals surface area contributed by atoms with Crippen LogP contribution in [0.25, 0.3) is 10.9 Å². The molecule has 1 aromatic heterocycles. The average molecular weight is 391 g/mol. The first kappa shape index (κ1) is 18.1. The van der Waals surface area contributed by atoms with Crippen LogP contribution in [0.15, 0.2) is 42.6 Å². The number of amides is 1. The van der Waals surface area contributed by atoms with E-state index in [9.17, 15) is 4.79 Å². The van der Waals surface area contributed by atoms with Crippen molar-refractivity contribution in [3.63, 3.8) is 0 Å². The first-order valence-corrected chi connectivity index (χ1v) is 10.0. The van der Waals surface area contributed by atoms with Crippen molar-refractivity contribution in [1.29, 1.82) is 0 Å². The number of carbonyl (C=O) groups excluding carboxylic acids is 1. The highest BCUT2D eigenvalue weighted by atomic mass is 16.5. The van der Waals surface area contributed by atoms with E-state index < -0.39 is 0 Å². The maximum atomic E-state index is 13.2. The maximum Gasteiger partial charge on any atom is 0.256 e. The van der Waals surface area contributed by atoms with E-state index in [0.717, 1.165) is 40.8 Å². The number of fused-ring (bicyclic) bond motifs is 3. The molecule has 0 saturated carbocycles. The van der Waals surface area contributed by atoms with Crippen molar-refractivity contribution in [1.82, 2.24) is 9.88 Å². The monoisotopic (exact) mass is 391 g/mol. The zero-order chi connectivity index (χ0) is 20.0.